The molecule has 78 valence electrons. The van der Waals surface area contributed by atoms with E-state index < -0.39 is 5.60 Å². The number of rotatable bonds is 4. The molecule has 2 nitrogen and oxygen atoms in total. The SMILES string of the molecule is CCC(C)(O)COc1ccc(C)cc1. The lowest BCUT2D eigenvalue weighted by molar-refractivity contribution is 0.00847. The standard InChI is InChI=1S/C12H18O2/c1-4-12(3,13)9-14-11-7-5-10(2)6-8-11/h5-8,13H,4,9H2,1-3H3. The number of hydrogen-bond acceptors (Lipinski definition) is 2. The van der Waals surface area contributed by atoms with Crippen LogP contribution in [0.15, 0.2) is 24.3 Å². The second kappa shape index (κ2) is 4.47. The first-order valence-electron chi connectivity index (χ1n) is 4.95. The smallest absolute Gasteiger partial charge is 0.119 e. The van der Waals surface area contributed by atoms with Crippen molar-refractivity contribution >= 4 is 0 Å². The topological polar surface area (TPSA) is 29.5 Å². The van der Waals surface area contributed by atoms with Crippen molar-refractivity contribution in [1.29, 1.82) is 0 Å². The zero-order chi connectivity index (χ0) is 10.6. The molecule has 2 heteroatoms. The molecule has 1 atom stereocenters. The Labute approximate surface area is 85.5 Å². The molecule has 0 aromatic heterocycles. The Morgan fingerprint density at radius 3 is 2.36 bits per heavy atom. The van der Waals surface area contributed by atoms with E-state index in [2.05, 4.69) is 0 Å². The lowest BCUT2D eigenvalue weighted by Gasteiger charge is -2.21. The van der Waals surface area contributed by atoms with Crippen LogP contribution in [0.2, 0.25) is 0 Å². The molecule has 1 aromatic carbocycles. The van der Waals surface area contributed by atoms with Crippen molar-refractivity contribution in [1.82, 2.24) is 0 Å². The number of hydrogen-bond donors (Lipinski definition) is 1. The Balaban J connectivity index is 2.50. The summed E-state index contributed by atoms with van der Waals surface area (Å²) in [6.45, 7) is 6.10. The van der Waals surface area contributed by atoms with Crippen molar-refractivity contribution < 1.29 is 9.84 Å². The fourth-order valence-corrected chi connectivity index (χ4v) is 0.975. The van der Waals surface area contributed by atoms with Gasteiger partial charge in [0.1, 0.15) is 12.4 Å². The van der Waals surface area contributed by atoms with Gasteiger partial charge < -0.3 is 9.84 Å². The van der Waals surface area contributed by atoms with Gasteiger partial charge in [0.15, 0.2) is 0 Å². The molecule has 1 aromatic rings. The van der Waals surface area contributed by atoms with E-state index in [9.17, 15) is 5.11 Å². The lowest BCUT2D eigenvalue weighted by Crippen LogP contribution is -2.31. The highest BCUT2D eigenvalue weighted by Crippen LogP contribution is 2.15. The highest BCUT2D eigenvalue weighted by molar-refractivity contribution is 5.26. The molecular weight excluding hydrogens is 176 g/mol. The first kappa shape index (κ1) is 11.1. The maximum atomic E-state index is 9.71. The Hall–Kier alpha value is -1.02. The summed E-state index contributed by atoms with van der Waals surface area (Å²) in [7, 11) is 0. The van der Waals surface area contributed by atoms with Crippen molar-refractivity contribution in [2.75, 3.05) is 6.61 Å². The van der Waals surface area contributed by atoms with Crippen molar-refractivity contribution in [3.05, 3.63) is 29.8 Å². The largest absolute Gasteiger partial charge is 0.491 e. The molecule has 0 amide bonds. The second-order valence-corrected chi connectivity index (χ2v) is 3.95. The molecule has 0 saturated heterocycles. The molecule has 0 radical (unpaired) electrons. The van der Waals surface area contributed by atoms with Gasteiger partial charge in [-0.25, -0.2) is 0 Å². The van der Waals surface area contributed by atoms with Gasteiger partial charge in [-0.15, -0.1) is 0 Å². The Morgan fingerprint density at radius 1 is 1.29 bits per heavy atom. The molecule has 0 aliphatic rings. The van der Waals surface area contributed by atoms with Crippen LogP contribution in [0.1, 0.15) is 25.8 Å². The van der Waals surface area contributed by atoms with Crippen LogP contribution < -0.4 is 4.74 Å². The Bertz CT molecular complexity index is 275. The van der Waals surface area contributed by atoms with Gasteiger partial charge in [0, 0.05) is 0 Å². The minimum atomic E-state index is -0.731. The van der Waals surface area contributed by atoms with Crippen LogP contribution in [0.25, 0.3) is 0 Å². The normalized spacial score (nSPS) is 14.9. The van der Waals surface area contributed by atoms with Crippen LogP contribution >= 0.6 is 0 Å². The zero-order valence-electron chi connectivity index (χ0n) is 9.08. The quantitative estimate of drug-likeness (QED) is 0.798. The van der Waals surface area contributed by atoms with E-state index in [4.69, 9.17) is 4.74 Å². The van der Waals surface area contributed by atoms with Gasteiger partial charge in [-0.05, 0) is 32.4 Å². The van der Waals surface area contributed by atoms with Gasteiger partial charge in [-0.3, -0.25) is 0 Å². The molecule has 0 bridgehead atoms. The zero-order valence-corrected chi connectivity index (χ0v) is 9.08. The summed E-state index contributed by atoms with van der Waals surface area (Å²) < 4.78 is 5.47. The van der Waals surface area contributed by atoms with Crippen LogP contribution in [0.3, 0.4) is 0 Å². The Morgan fingerprint density at radius 2 is 1.86 bits per heavy atom. The molecule has 0 aliphatic heterocycles. The molecule has 0 fully saturated rings. The van der Waals surface area contributed by atoms with Crippen molar-refractivity contribution in [2.45, 2.75) is 32.8 Å². The van der Waals surface area contributed by atoms with Crippen LogP contribution in [0, 0.1) is 6.92 Å². The van der Waals surface area contributed by atoms with Crippen LogP contribution in [0.5, 0.6) is 5.75 Å². The molecular formula is C12H18O2. The number of benzene rings is 1. The maximum Gasteiger partial charge on any atom is 0.119 e. The lowest BCUT2D eigenvalue weighted by atomic mass is 10.1. The first-order valence-corrected chi connectivity index (χ1v) is 4.95. The van der Waals surface area contributed by atoms with Gasteiger partial charge in [-0.2, -0.15) is 0 Å². The molecule has 14 heavy (non-hydrogen) atoms. The first-order chi connectivity index (χ1) is 6.53. The molecule has 0 aliphatic carbocycles. The van der Waals surface area contributed by atoms with Crippen molar-refractivity contribution in [2.24, 2.45) is 0 Å². The van der Waals surface area contributed by atoms with Crippen molar-refractivity contribution in [3.63, 3.8) is 0 Å². The summed E-state index contributed by atoms with van der Waals surface area (Å²) >= 11 is 0. The third-order valence-corrected chi connectivity index (χ3v) is 2.33. The average molecular weight is 194 g/mol. The molecule has 0 spiro atoms. The van der Waals surface area contributed by atoms with Crippen molar-refractivity contribution in [3.8, 4) is 5.75 Å². The van der Waals surface area contributed by atoms with E-state index in [1.165, 1.54) is 5.56 Å². The Kier molecular flexibility index (Phi) is 3.53. The highest BCUT2D eigenvalue weighted by atomic mass is 16.5. The molecule has 1 unspecified atom stereocenters. The van der Waals surface area contributed by atoms with Gasteiger partial charge >= 0.3 is 0 Å². The summed E-state index contributed by atoms with van der Waals surface area (Å²) in [6, 6.07) is 7.83. The number of ether oxygens (including phenoxy) is 1. The van der Waals surface area contributed by atoms with E-state index in [0.29, 0.717) is 13.0 Å². The fourth-order valence-electron chi connectivity index (χ4n) is 0.975. The minimum absolute atomic E-state index is 0.340. The fraction of sp³-hybridized carbons (Fsp3) is 0.500. The van der Waals surface area contributed by atoms with E-state index >= 15 is 0 Å². The van der Waals surface area contributed by atoms with Crippen LogP contribution in [0.4, 0.5) is 0 Å². The molecule has 0 heterocycles. The van der Waals surface area contributed by atoms with Crippen LogP contribution in [-0.2, 0) is 0 Å². The predicted molar refractivity (Wildman–Crippen MR) is 57.6 cm³/mol. The summed E-state index contributed by atoms with van der Waals surface area (Å²) in [5.74, 6) is 0.810. The average Bonchev–Trinajstić information content (AvgIpc) is 2.17. The molecule has 1 rings (SSSR count). The van der Waals surface area contributed by atoms with E-state index in [0.717, 1.165) is 5.75 Å². The van der Waals surface area contributed by atoms with Gasteiger partial charge in [0.2, 0.25) is 0 Å². The predicted octanol–water partition coefficient (Wildman–Crippen LogP) is 2.53. The third kappa shape index (κ3) is 3.38. The summed E-state index contributed by atoms with van der Waals surface area (Å²) in [4.78, 5) is 0. The summed E-state index contributed by atoms with van der Waals surface area (Å²) in [5, 5.41) is 9.71. The monoisotopic (exact) mass is 194 g/mol. The second-order valence-electron chi connectivity index (χ2n) is 3.95. The highest BCUT2D eigenvalue weighted by Gasteiger charge is 2.18. The molecule has 0 saturated carbocycles. The van der Waals surface area contributed by atoms with Gasteiger partial charge in [0.25, 0.3) is 0 Å². The number of aryl methyl sites for hydroxylation is 1. The minimum Gasteiger partial charge on any atom is -0.491 e. The maximum absolute atomic E-state index is 9.71. The number of aliphatic hydroxyl groups is 1. The summed E-state index contributed by atoms with van der Waals surface area (Å²) in [6.07, 6.45) is 0.693. The molecule has 1 N–H and O–H groups in total. The van der Waals surface area contributed by atoms with E-state index in [1.54, 1.807) is 6.92 Å². The van der Waals surface area contributed by atoms with Crippen LogP contribution in [-0.4, -0.2) is 17.3 Å². The van der Waals surface area contributed by atoms with E-state index in [-0.39, 0.29) is 0 Å². The third-order valence-electron chi connectivity index (χ3n) is 2.33. The summed E-state index contributed by atoms with van der Waals surface area (Å²) in [5.41, 5.74) is 0.477. The van der Waals surface area contributed by atoms with E-state index in [1.807, 2.05) is 38.1 Å². The van der Waals surface area contributed by atoms with Gasteiger partial charge in [-0.1, -0.05) is 24.6 Å². The van der Waals surface area contributed by atoms with Gasteiger partial charge in [0.05, 0.1) is 5.60 Å².